The van der Waals surface area contributed by atoms with Crippen molar-refractivity contribution >= 4 is 0 Å². The van der Waals surface area contributed by atoms with Crippen LogP contribution >= 0.6 is 0 Å². The molecule has 0 N–H and O–H groups in total. The molecule has 0 radical (unpaired) electrons. The highest BCUT2D eigenvalue weighted by molar-refractivity contribution is 4.85. The molecule has 2 unspecified atom stereocenters. The molecule has 1 nitrogen and oxygen atoms in total. The van der Waals surface area contributed by atoms with Crippen molar-refractivity contribution in [1.82, 2.24) is 4.90 Å². The van der Waals surface area contributed by atoms with Crippen molar-refractivity contribution in [3.63, 3.8) is 0 Å². The molecule has 0 aromatic heterocycles. The van der Waals surface area contributed by atoms with Crippen LogP contribution in [0.5, 0.6) is 0 Å². The van der Waals surface area contributed by atoms with Crippen molar-refractivity contribution < 1.29 is 0 Å². The van der Waals surface area contributed by atoms with Crippen molar-refractivity contribution in [2.75, 3.05) is 20.1 Å². The molecule has 0 bridgehead atoms. The van der Waals surface area contributed by atoms with E-state index in [2.05, 4.69) is 18.9 Å². The summed E-state index contributed by atoms with van der Waals surface area (Å²) in [5, 5.41) is 0. The van der Waals surface area contributed by atoms with Crippen molar-refractivity contribution in [3.8, 4) is 0 Å². The van der Waals surface area contributed by atoms with E-state index in [1.807, 2.05) is 0 Å². The topological polar surface area (TPSA) is 3.24 Å². The molecule has 1 heteroatoms. The Balaban J connectivity index is 1.60. The summed E-state index contributed by atoms with van der Waals surface area (Å²) in [6.07, 6.45) is 4.46. The summed E-state index contributed by atoms with van der Waals surface area (Å²) in [7, 11) is 2.28. The van der Waals surface area contributed by atoms with Crippen LogP contribution in [-0.4, -0.2) is 25.0 Å². The van der Waals surface area contributed by atoms with Crippen molar-refractivity contribution in [2.24, 2.45) is 17.8 Å². The minimum absolute atomic E-state index is 1.02. The zero-order valence-electron chi connectivity index (χ0n) is 7.71. The van der Waals surface area contributed by atoms with Crippen molar-refractivity contribution in [3.05, 3.63) is 0 Å². The van der Waals surface area contributed by atoms with E-state index in [-0.39, 0.29) is 0 Å². The van der Waals surface area contributed by atoms with Gasteiger partial charge in [-0.1, -0.05) is 6.92 Å². The summed E-state index contributed by atoms with van der Waals surface area (Å²) in [5.74, 6) is 3.13. The lowest BCUT2D eigenvalue weighted by Crippen LogP contribution is -2.23. The summed E-state index contributed by atoms with van der Waals surface area (Å²) >= 11 is 0. The predicted molar refractivity (Wildman–Crippen MR) is 47.5 cm³/mol. The van der Waals surface area contributed by atoms with Gasteiger partial charge in [0.1, 0.15) is 0 Å². The first-order chi connectivity index (χ1) is 5.25. The minimum Gasteiger partial charge on any atom is -0.306 e. The van der Waals surface area contributed by atoms with Crippen LogP contribution in [0.3, 0.4) is 0 Å². The molecule has 11 heavy (non-hydrogen) atoms. The van der Waals surface area contributed by atoms with E-state index < -0.39 is 0 Å². The van der Waals surface area contributed by atoms with E-state index in [9.17, 15) is 0 Å². The second kappa shape index (κ2) is 2.78. The van der Waals surface area contributed by atoms with E-state index in [0.29, 0.717) is 0 Å². The molecule has 0 saturated heterocycles. The lowest BCUT2D eigenvalue weighted by Gasteiger charge is -2.15. The fourth-order valence-electron chi connectivity index (χ4n) is 1.87. The highest BCUT2D eigenvalue weighted by atomic mass is 15.1. The Morgan fingerprint density at radius 2 is 1.91 bits per heavy atom. The molecule has 64 valence electrons. The minimum atomic E-state index is 1.02. The van der Waals surface area contributed by atoms with E-state index in [1.54, 1.807) is 0 Å². The third kappa shape index (κ3) is 2.19. The third-order valence-corrected chi connectivity index (χ3v) is 3.09. The number of hydrogen-bond donors (Lipinski definition) is 0. The van der Waals surface area contributed by atoms with E-state index in [0.717, 1.165) is 17.8 Å². The van der Waals surface area contributed by atoms with Crippen LogP contribution in [0.15, 0.2) is 0 Å². The summed E-state index contributed by atoms with van der Waals surface area (Å²) < 4.78 is 0. The molecule has 2 fully saturated rings. The van der Waals surface area contributed by atoms with Crippen molar-refractivity contribution in [1.29, 1.82) is 0 Å². The Morgan fingerprint density at radius 1 is 1.27 bits per heavy atom. The summed E-state index contributed by atoms with van der Waals surface area (Å²) in [6, 6.07) is 0. The van der Waals surface area contributed by atoms with Gasteiger partial charge in [-0.05, 0) is 44.1 Å². The largest absolute Gasteiger partial charge is 0.306 e. The maximum atomic E-state index is 2.53. The summed E-state index contributed by atoms with van der Waals surface area (Å²) in [6.45, 7) is 5.09. The van der Waals surface area contributed by atoms with Gasteiger partial charge in [-0.3, -0.25) is 0 Å². The Morgan fingerprint density at radius 3 is 2.36 bits per heavy atom. The van der Waals surface area contributed by atoms with Gasteiger partial charge in [0.15, 0.2) is 0 Å². The molecule has 0 aromatic carbocycles. The highest BCUT2D eigenvalue weighted by Gasteiger charge is 2.34. The predicted octanol–water partition coefficient (Wildman–Crippen LogP) is 1.98. The zero-order valence-corrected chi connectivity index (χ0v) is 7.71. The Kier molecular flexibility index (Phi) is 1.92. The highest BCUT2D eigenvalue weighted by Crippen LogP contribution is 2.38. The maximum absolute atomic E-state index is 2.53. The van der Waals surface area contributed by atoms with Gasteiger partial charge in [0.2, 0.25) is 0 Å². The monoisotopic (exact) mass is 153 g/mol. The molecule has 0 aromatic rings. The van der Waals surface area contributed by atoms with Gasteiger partial charge in [0.25, 0.3) is 0 Å². The molecule has 0 aliphatic heterocycles. The molecule has 2 rings (SSSR count). The standard InChI is InChI=1S/C10H19N/c1-8-5-10(8)7-11(2)6-9-3-4-9/h8-10H,3-7H2,1-2H3. The van der Waals surface area contributed by atoms with Crippen LogP contribution in [0.1, 0.15) is 26.2 Å². The van der Waals surface area contributed by atoms with Crippen molar-refractivity contribution in [2.45, 2.75) is 26.2 Å². The van der Waals surface area contributed by atoms with E-state index in [4.69, 9.17) is 0 Å². The maximum Gasteiger partial charge on any atom is 0.000937 e. The molecular formula is C10H19N. The first kappa shape index (κ1) is 7.60. The first-order valence-electron chi connectivity index (χ1n) is 4.94. The van der Waals surface area contributed by atoms with Crippen LogP contribution in [0.2, 0.25) is 0 Å². The number of rotatable bonds is 4. The average Bonchev–Trinajstić information content (AvgIpc) is 2.75. The first-order valence-corrected chi connectivity index (χ1v) is 4.94. The third-order valence-electron chi connectivity index (χ3n) is 3.09. The van der Waals surface area contributed by atoms with Crippen LogP contribution < -0.4 is 0 Å². The Bertz CT molecular complexity index is 140. The lowest BCUT2D eigenvalue weighted by atomic mass is 10.3. The molecule has 2 aliphatic rings. The normalized spacial score (nSPS) is 36.3. The lowest BCUT2D eigenvalue weighted by molar-refractivity contribution is 0.303. The van der Waals surface area contributed by atoms with Gasteiger partial charge >= 0.3 is 0 Å². The van der Waals surface area contributed by atoms with Gasteiger partial charge in [-0.15, -0.1) is 0 Å². The zero-order chi connectivity index (χ0) is 7.84. The quantitative estimate of drug-likeness (QED) is 0.597. The van der Waals surface area contributed by atoms with E-state index >= 15 is 0 Å². The molecule has 0 amide bonds. The Hall–Kier alpha value is -0.0400. The SMILES string of the molecule is CC1CC1CN(C)CC1CC1. The summed E-state index contributed by atoms with van der Waals surface area (Å²) in [4.78, 5) is 2.53. The summed E-state index contributed by atoms with van der Waals surface area (Å²) in [5.41, 5.74) is 0. The molecule has 0 heterocycles. The second-order valence-corrected chi connectivity index (χ2v) is 4.64. The van der Waals surface area contributed by atoms with Gasteiger partial charge in [-0.25, -0.2) is 0 Å². The number of hydrogen-bond acceptors (Lipinski definition) is 1. The second-order valence-electron chi connectivity index (χ2n) is 4.64. The average molecular weight is 153 g/mol. The van der Waals surface area contributed by atoms with Crippen LogP contribution in [0, 0.1) is 17.8 Å². The molecule has 0 spiro atoms. The van der Waals surface area contributed by atoms with Crippen LogP contribution in [-0.2, 0) is 0 Å². The van der Waals surface area contributed by atoms with Crippen LogP contribution in [0.25, 0.3) is 0 Å². The Labute approximate surface area is 69.8 Å². The van der Waals surface area contributed by atoms with Gasteiger partial charge in [-0.2, -0.15) is 0 Å². The van der Waals surface area contributed by atoms with Crippen LogP contribution in [0.4, 0.5) is 0 Å². The fourth-order valence-corrected chi connectivity index (χ4v) is 1.87. The van der Waals surface area contributed by atoms with E-state index in [1.165, 1.54) is 32.4 Å². The van der Waals surface area contributed by atoms with Gasteiger partial charge < -0.3 is 4.90 Å². The molecular weight excluding hydrogens is 134 g/mol. The molecule has 2 aliphatic carbocycles. The van der Waals surface area contributed by atoms with Gasteiger partial charge in [0.05, 0.1) is 0 Å². The fraction of sp³-hybridized carbons (Fsp3) is 1.00. The van der Waals surface area contributed by atoms with Gasteiger partial charge in [0, 0.05) is 13.1 Å². The number of nitrogens with zero attached hydrogens (tertiary/aromatic N) is 1. The molecule has 2 atom stereocenters. The smallest absolute Gasteiger partial charge is 0.000937 e. The molecule has 2 saturated carbocycles.